The van der Waals surface area contributed by atoms with Crippen LogP contribution in [0.2, 0.25) is 19.6 Å². The van der Waals surface area contributed by atoms with E-state index < -0.39 is 53.7 Å². The maximum Gasteiger partial charge on any atom is 0.398 e. The molecule has 3 saturated carbocycles. The molecule has 0 spiro atoms. The van der Waals surface area contributed by atoms with Crippen molar-refractivity contribution < 1.29 is 45.4 Å². The van der Waals surface area contributed by atoms with Gasteiger partial charge < -0.3 is 13.9 Å². The van der Waals surface area contributed by atoms with E-state index in [9.17, 15) is 27.4 Å². The van der Waals surface area contributed by atoms with Gasteiger partial charge in [0.15, 0.2) is 19.7 Å². The highest BCUT2D eigenvalue weighted by Crippen LogP contribution is 2.68. The summed E-state index contributed by atoms with van der Waals surface area (Å²) in [6.07, 6.45) is 3.72. The van der Waals surface area contributed by atoms with Crippen LogP contribution in [0.4, 0.5) is 0 Å². The third kappa shape index (κ3) is 5.23. The lowest BCUT2D eigenvalue weighted by Gasteiger charge is -2.62. The molecule has 10 nitrogen and oxygen atoms in total. The number of fused-ring (bicyclic) bond motifs is 5. The Kier molecular flexibility index (Phi) is 8.06. The average Bonchev–Trinajstić information content (AvgIpc) is 3.01. The summed E-state index contributed by atoms with van der Waals surface area (Å²) in [5, 5.41) is 0. The Morgan fingerprint density at radius 3 is 2.12 bits per heavy atom. The van der Waals surface area contributed by atoms with Gasteiger partial charge in [0, 0.05) is 13.8 Å². The van der Waals surface area contributed by atoms with Gasteiger partial charge >= 0.3 is 22.3 Å². The molecule has 0 saturated heterocycles. The van der Waals surface area contributed by atoms with Gasteiger partial charge in [-0.1, -0.05) is 18.6 Å². The summed E-state index contributed by atoms with van der Waals surface area (Å²) in [5.74, 6) is -0.928. The molecular weight excluding hydrogens is 556 g/mol. The fourth-order valence-corrected chi connectivity index (χ4v) is 10.6. The van der Waals surface area contributed by atoms with Crippen molar-refractivity contribution >= 4 is 36.4 Å². The Morgan fingerprint density at radius 1 is 0.975 bits per heavy atom. The predicted molar refractivity (Wildman–Crippen MR) is 148 cm³/mol. The molecule has 0 aromatic carbocycles. The van der Waals surface area contributed by atoms with Crippen LogP contribution in [0.25, 0.3) is 0 Å². The van der Waals surface area contributed by atoms with Crippen molar-refractivity contribution in [3.05, 3.63) is 11.6 Å². The first kappa shape index (κ1) is 31.3. The van der Waals surface area contributed by atoms with Crippen LogP contribution < -0.4 is 0 Å². The number of hydrogen-bond acceptors (Lipinski definition) is 9. The lowest BCUT2D eigenvalue weighted by molar-refractivity contribution is -0.196. The molecule has 4 rings (SSSR count). The van der Waals surface area contributed by atoms with Gasteiger partial charge in [-0.2, -0.15) is 8.42 Å². The Balaban J connectivity index is 1.86. The standard InChI is InChI=1S/C28H44O10SSi/c1-16(29)28(38-40(6,7)8)25(37-39(32,33)34)15-23-21-10-9-19-13-20(35-17(2)30)11-12-26(19,4)22(21)14-24(27(23,28)5)36-18(3)31/h15,19-22,24-25H,9-14H2,1-8H3,(H,32,33,34)/t19-,20-,21+,22-,24+,25-,26-,27+,28+/m0/s1. The average molecular weight is 601 g/mol. The molecule has 3 fully saturated rings. The van der Waals surface area contributed by atoms with E-state index in [1.807, 2.05) is 26.6 Å². The number of ketones is 1. The Bertz CT molecular complexity index is 1210. The second-order valence-electron chi connectivity index (χ2n) is 13.6. The maximum absolute atomic E-state index is 13.7. The van der Waals surface area contributed by atoms with E-state index in [2.05, 4.69) is 6.92 Å². The van der Waals surface area contributed by atoms with E-state index in [1.54, 1.807) is 6.08 Å². The van der Waals surface area contributed by atoms with Crippen LogP contribution in [-0.4, -0.2) is 62.9 Å². The number of hydrogen-bond donors (Lipinski definition) is 1. The third-order valence-corrected chi connectivity index (χ3v) is 11.5. The molecule has 40 heavy (non-hydrogen) atoms. The molecule has 1 N–H and O–H groups in total. The molecule has 0 aromatic heterocycles. The SMILES string of the molecule is CC(=O)O[C@H]1CC[C@@]2(C)[C@@H](CC[C@H]3C4=C[C@H](OS(=O)(=O)O)[C@](O[Si](C)(C)C)(C(C)=O)[C@@]4(C)[C@H](OC(C)=O)C[C@@H]32)C1. The first-order chi connectivity index (χ1) is 18.2. The van der Waals surface area contributed by atoms with Crippen molar-refractivity contribution in [1.29, 1.82) is 0 Å². The Labute approximate surface area is 238 Å². The highest BCUT2D eigenvalue weighted by Gasteiger charge is 2.73. The van der Waals surface area contributed by atoms with Crippen LogP contribution in [0.1, 0.15) is 73.1 Å². The molecule has 0 bridgehead atoms. The summed E-state index contributed by atoms with van der Waals surface area (Å²) in [5.41, 5.74) is -2.41. The van der Waals surface area contributed by atoms with E-state index in [0.29, 0.717) is 6.42 Å². The second kappa shape index (κ2) is 10.3. The Hall–Kier alpha value is -1.60. The van der Waals surface area contributed by atoms with Crippen molar-refractivity contribution in [2.24, 2.45) is 28.6 Å². The zero-order chi connectivity index (χ0) is 30.1. The molecular formula is C28H44O10SSi. The van der Waals surface area contributed by atoms with Crippen molar-refractivity contribution in [2.45, 2.75) is 117 Å². The van der Waals surface area contributed by atoms with Crippen LogP contribution >= 0.6 is 0 Å². The zero-order valence-electron chi connectivity index (χ0n) is 24.8. The summed E-state index contributed by atoms with van der Waals surface area (Å²) in [6, 6.07) is 0. The van der Waals surface area contributed by atoms with Crippen molar-refractivity contribution in [1.82, 2.24) is 0 Å². The maximum atomic E-state index is 13.7. The summed E-state index contributed by atoms with van der Waals surface area (Å²) in [6.45, 7) is 13.8. The number of carbonyl (C=O) groups is 3. The smallest absolute Gasteiger partial charge is 0.398 e. The van der Waals surface area contributed by atoms with Gasteiger partial charge in [-0.15, -0.1) is 0 Å². The number of carbonyl (C=O) groups excluding carboxylic acids is 3. The molecule has 0 amide bonds. The van der Waals surface area contributed by atoms with Crippen LogP contribution in [0.3, 0.4) is 0 Å². The van der Waals surface area contributed by atoms with Crippen LogP contribution in [0, 0.1) is 28.6 Å². The van der Waals surface area contributed by atoms with Crippen LogP contribution in [-0.2, 0) is 42.9 Å². The van der Waals surface area contributed by atoms with Crippen molar-refractivity contribution in [3.63, 3.8) is 0 Å². The minimum atomic E-state index is -4.96. The number of Topliss-reactive ketones (excluding diaryl/α,β-unsaturated/α-hetero) is 1. The molecule has 0 aromatic rings. The molecule has 0 aliphatic heterocycles. The highest BCUT2D eigenvalue weighted by atomic mass is 32.3. The molecule has 0 heterocycles. The first-order valence-electron chi connectivity index (χ1n) is 14.2. The molecule has 0 radical (unpaired) electrons. The molecule has 4 aliphatic rings. The summed E-state index contributed by atoms with van der Waals surface area (Å²) >= 11 is 0. The van der Waals surface area contributed by atoms with E-state index in [0.717, 1.165) is 37.7 Å². The monoisotopic (exact) mass is 600 g/mol. The lowest BCUT2D eigenvalue weighted by atomic mass is 9.44. The lowest BCUT2D eigenvalue weighted by Crippen LogP contribution is -2.69. The summed E-state index contributed by atoms with van der Waals surface area (Å²) in [7, 11) is -7.53. The van der Waals surface area contributed by atoms with E-state index in [1.165, 1.54) is 20.8 Å². The quantitative estimate of drug-likeness (QED) is 0.193. The van der Waals surface area contributed by atoms with Gasteiger partial charge in [0.05, 0.1) is 5.41 Å². The molecule has 12 heteroatoms. The minimum Gasteiger partial charge on any atom is -0.463 e. The second-order valence-corrected chi connectivity index (χ2v) is 19.1. The van der Waals surface area contributed by atoms with Crippen LogP contribution in [0.5, 0.6) is 0 Å². The number of ether oxygens (including phenoxy) is 2. The fraction of sp³-hybridized carbons (Fsp3) is 0.821. The van der Waals surface area contributed by atoms with Gasteiger partial charge in [0.2, 0.25) is 0 Å². The molecule has 0 unspecified atom stereocenters. The number of rotatable bonds is 7. The normalized spacial score (nSPS) is 41.2. The Morgan fingerprint density at radius 2 is 1.60 bits per heavy atom. The fourth-order valence-electron chi connectivity index (χ4n) is 8.75. The molecule has 4 aliphatic carbocycles. The third-order valence-electron chi connectivity index (χ3n) is 10.1. The van der Waals surface area contributed by atoms with Gasteiger partial charge in [-0.3, -0.25) is 18.9 Å². The van der Waals surface area contributed by atoms with E-state index in [4.69, 9.17) is 18.1 Å². The van der Waals surface area contributed by atoms with E-state index in [-0.39, 0.29) is 35.2 Å². The van der Waals surface area contributed by atoms with Gasteiger partial charge in [-0.25, -0.2) is 4.18 Å². The minimum absolute atomic E-state index is 0.0395. The van der Waals surface area contributed by atoms with Gasteiger partial charge in [0.1, 0.15) is 18.3 Å². The predicted octanol–water partition coefficient (Wildman–Crippen LogP) is 4.40. The molecule has 226 valence electrons. The number of esters is 2. The summed E-state index contributed by atoms with van der Waals surface area (Å²) < 4.78 is 57.4. The first-order valence-corrected chi connectivity index (χ1v) is 19.0. The van der Waals surface area contributed by atoms with E-state index >= 15 is 0 Å². The highest BCUT2D eigenvalue weighted by molar-refractivity contribution is 7.80. The van der Waals surface area contributed by atoms with Crippen LogP contribution in [0.15, 0.2) is 11.6 Å². The van der Waals surface area contributed by atoms with Crippen molar-refractivity contribution in [3.8, 4) is 0 Å². The van der Waals surface area contributed by atoms with Gasteiger partial charge in [-0.05, 0) is 95.2 Å². The van der Waals surface area contributed by atoms with Gasteiger partial charge in [0.25, 0.3) is 0 Å². The molecule has 9 atom stereocenters. The summed E-state index contributed by atoms with van der Waals surface area (Å²) in [4.78, 5) is 37.9. The zero-order valence-corrected chi connectivity index (χ0v) is 26.6. The largest absolute Gasteiger partial charge is 0.463 e. The van der Waals surface area contributed by atoms with Crippen molar-refractivity contribution in [2.75, 3.05) is 0 Å². The topological polar surface area (TPSA) is 143 Å².